The van der Waals surface area contributed by atoms with Crippen LogP contribution in [0.15, 0.2) is 46.8 Å². The van der Waals surface area contributed by atoms with Gasteiger partial charge in [0, 0.05) is 30.6 Å². The number of benzene rings is 1. The Kier molecular flexibility index (Phi) is 8.73. The molecule has 164 valence electrons. The Morgan fingerprint density at radius 3 is 2.77 bits per heavy atom. The molecule has 0 amide bonds. The Balaban J connectivity index is 1.63. The maximum atomic E-state index is 4.86. The summed E-state index contributed by atoms with van der Waals surface area (Å²) in [5.74, 6) is 1.50. The van der Waals surface area contributed by atoms with Gasteiger partial charge in [0.05, 0.1) is 6.54 Å². The van der Waals surface area contributed by atoms with E-state index in [-0.39, 0.29) is 0 Å². The molecule has 0 saturated carbocycles. The molecule has 1 aromatic heterocycles. The lowest BCUT2D eigenvalue weighted by molar-refractivity contribution is 0.125. The van der Waals surface area contributed by atoms with E-state index in [4.69, 9.17) is 4.99 Å². The number of thiophene rings is 1. The molecule has 0 spiro atoms. The van der Waals surface area contributed by atoms with Crippen LogP contribution in [0.5, 0.6) is 0 Å². The average molecular weight is 428 g/mol. The van der Waals surface area contributed by atoms with Crippen LogP contribution in [0.4, 0.5) is 0 Å². The van der Waals surface area contributed by atoms with Gasteiger partial charge in [-0.25, -0.2) is 4.99 Å². The van der Waals surface area contributed by atoms with E-state index in [1.165, 1.54) is 35.4 Å². The van der Waals surface area contributed by atoms with Crippen molar-refractivity contribution in [3.63, 3.8) is 0 Å². The minimum atomic E-state index is 0.497. The molecule has 1 aliphatic heterocycles. The van der Waals surface area contributed by atoms with Crippen LogP contribution >= 0.6 is 11.3 Å². The molecule has 2 atom stereocenters. The average Bonchev–Trinajstić information content (AvgIpc) is 3.24. The SMILES string of the molecule is CCNC(=NCc1cccc(CN(C)C)c1)NCC1CCCN(C)C1c1cccs1. The number of nitrogens with zero attached hydrogens (tertiary/aromatic N) is 3. The predicted molar refractivity (Wildman–Crippen MR) is 129 cm³/mol. The lowest BCUT2D eigenvalue weighted by Gasteiger charge is -2.39. The van der Waals surface area contributed by atoms with Gasteiger partial charge in [-0.3, -0.25) is 4.90 Å². The normalized spacial score (nSPS) is 20.5. The standard InChI is InChI=1S/C24H37N5S/c1-5-25-24(26-16-19-9-6-10-20(15-19)18-28(2)3)27-17-21-11-7-13-29(4)23(21)22-12-8-14-30-22/h6,8-10,12,14-15,21,23H,5,7,11,13,16-18H2,1-4H3,(H2,25,26,27). The van der Waals surface area contributed by atoms with E-state index in [1.807, 2.05) is 11.3 Å². The second-order valence-corrected chi connectivity index (χ2v) is 9.46. The van der Waals surface area contributed by atoms with Crippen LogP contribution in [0.3, 0.4) is 0 Å². The van der Waals surface area contributed by atoms with Crippen molar-refractivity contribution >= 4 is 17.3 Å². The number of hydrogen-bond acceptors (Lipinski definition) is 4. The first kappa shape index (κ1) is 22.8. The van der Waals surface area contributed by atoms with Gasteiger partial charge in [0.25, 0.3) is 0 Å². The van der Waals surface area contributed by atoms with Crippen LogP contribution in [0.2, 0.25) is 0 Å². The summed E-state index contributed by atoms with van der Waals surface area (Å²) in [6.45, 7) is 6.75. The number of guanidine groups is 1. The summed E-state index contributed by atoms with van der Waals surface area (Å²) in [5, 5.41) is 9.24. The van der Waals surface area contributed by atoms with Gasteiger partial charge >= 0.3 is 0 Å². The molecule has 1 aromatic carbocycles. The van der Waals surface area contributed by atoms with E-state index < -0.39 is 0 Å². The van der Waals surface area contributed by atoms with Crippen molar-refractivity contribution in [1.82, 2.24) is 20.4 Å². The first-order valence-electron chi connectivity index (χ1n) is 11.0. The van der Waals surface area contributed by atoms with Crippen LogP contribution in [0.25, 0.3) is 0 Å². The van der Waals surface area contributed by atoms with Crippen molar-refractivity contribution in [2.75, 3.05) is 40.8 Å². The van der Waals surface area contributed by atoms with E-state index in [9.17, 15) is 0 Å². The Hall–Kier alpha value is -1.89. The molecule has 1 fully saturated rings. The second-order valence-electron chi connectivity index (χ2n) is 8.48. The molecule has 2 aromatic rings. The largest absolute Gasteiger partial charge is 0.357 e. The van der Waals surface area contributed by atoms with E-state index in [2.05, 4.69) is 90.3 Å². The van der Waals surface area contributed by atoms with Crippen LogP contribution in [-0.4, -0.2) is 56.5 Å². The molecule has 30 heavy (non-hydrogen) atoms. The highest BCUT2D eigenvalue weighted by Crippen LogP contribution is 2.36. The predicted octanol–water partition coefficient (Wildman–Crippen LogP) is 3.95. The number of hydrogen-bond donors (Lipinski definition) is 2. The van der Waals surface area contributed by atoms with Crippen molar-refractivity contribution in [1.29, 1.82) is 0 Å². The van der Waals surface area contributed by atoms with E-state index in [0.717, 1.165) is 25.6 Å². The van der Waals surface area contributed by atoms with Gasteiger partial charge in [0.1, 0.15) is 0 Å². The fraction of sp³-hybridized carbons (Fsp3) is 0.542. The zero-order chi connectivity index (χ0) is 21.3. The Morgan fingerprint density at radius 1 is 1.20 bits per heavy atom. The minimum Gasteiger partial charge on any atom is -0.357 e. The maximum Gasteiger partial charge on any atom is 0.191 e. The van der Waals surface area contributed by atoms with E-state index in [0.29, 0.717) is 18.5 Å². The number of piperidine rings is 1. The number of aliphatic imine (C=N–C) groups is 1. The van der Waals surface area contributed by atoms with Gasteiger partial charge in [0.2, 0.25) is 0 Å². The minimum absolute atomic E-state index is 0.497. The topological polar surface area (TPSA) is 42.9 Å². The van der Waals surface area contributed by atoms with Gasteiger partial charge in [-0.15, -0.1) is 11.3 Å². The van der Waals surface area contributed by atoms with E-state index in [1.54, 1.807) is 0 Å². The van der Waals surface area contributed by atoms with Gasteiger partial charge in [-0.05, 0) is 75.9 Å². The highest BCUT2D eigenvalue weighted by molar-refractivity contribution is 7.10. The van der Waals surface area contributed by atoms with Crippen molar-refractivity contribution < 1.29 is 0 Å². The monoisotopic (exact) mass is 427 g/mol. The smallest absolute Gasteiger partial charge is 0.191 e. The van der Waals surface area contributed by atoms with Crippen LogP contribution in [-0.2, 0) is 13.1 Å². The number of rotatable bonds is 8. The van der Waals surface area contributed by atoms with Crippen LogP contribution in [0, 0.1) is 5.92 Å². The Bertz CT molecular complexity index is 787. The van der Waals surface area contributed by atoms with Crippen molar-refractivity contribution in [3.05, 3.63) is 57.8 Å². The third-order valence-electron chi connectivity index (χ3n) is 5.63. The molecule has 6 heteroatoms. The lowest BCUT2D eigenvalue weighted by atomic mass is 9.88. The quantitative estimate of drug-likeness (QED) is 0.495. The summed E-state index contributed by atoms with van der Waals surface area (Å²) in [6, 6.07) is 13.7. The van der Waals surface area contributed by atoms with Gasteiger partial charge in [-0.1, -0.05) is 30.3 Å². The molecule has 2 unspecified atom stereocenters. The maximum absolute atomic E-state index is 4.86. The fourth-order valence-electron chi connectivity index (χ4n) is 4.31. The summed E-state index contributed by atoms with van der Waals surface area (Å²) >= 11 is 1.88. The summed E-state index contributed by atoms with van der Waals surface area (Å²) < 4.78 is 0. The summed E-state index contributed by atoms with van der Waals surface area (Å²) in [4.78, 5) is 11.1. The molecule has 0 bridgehead atoms. The second kappa shape index (κ2) is 11.5. The first-order valence-corrected chi connectivity index (χ1v) is 11.9. The lowest BCUT2D eigenvalue weighted by Crippen LogP contribution is -2.44. The van der Waals surface area contributed by atoms with Crippen molar-refractivity contribution in [3.8, 4) is 0 Å². The molecule has 0 aliphatic carbocycles. The first-order chi connectivity index (χ1) is 14.6. The number of likely N-dealkylation sites (tertiary alicyclic amines) is 1. The highest BCUT2D eigenvalue weighted by atomic mass is 32.1. The van der Waals surface area contributed by atoms with Crippen LogP contribution < -0.4 is 10.6 Å². The zero-order valence-electron chi connectivity index (χ0n) is 18.9. The van der Waals surface area contributed by atoms with Gasteiger partial charge in [-0.2, -0.15) is 0 Å². The van der Waals surface area contributed by atoms with Gasteiger partial charge in [0.15, 0.2) is 5.96 Å². The van der Waals surface area contributed by atoms with Crippen LogP contribution in [0.1, 0.15) is 41.8 Å². The third kappa shape index (κ3) is 6.56. The summed E-state index contributed by atoms with van der Waals surface area (Å²) in [5.41, 5.74) is 2.58. The van der Waals surface area contributed by atoms with Crippen molar-refractivity contribution in [2.45, 2.75) is 38.9 Å². The molecular formula is C24H37N5S. The molecule has 5 nitrogen and oxygen atoms in total. The Morgan fingerprint density at radius 2 is 2.03 bits per heavy atom. The third-order valence-corrected chi connectivity index (χ3v) is 6.57. The van der Waals surface area contributed by atoms with Gasteiger partial charge < -0.3 is 15.5 Å². The molecule has 1 saturated heterocycles. The molecule has 0 radical (unpaired) electrons. The zero-order valence-corrected chi connectivity index (χ0v) is 19.7. The number of nitrogens with one attached hydrogen (secondary N) is 2. The molecule has 3 rings (SSSR count). The fourth-order valence-corrected chi connectivity index (χ4v) is 5.30. The van der Waals surface area contributed by atoms with E-state index >= 15 is 0 Å². The summed E-state index contributed by atoms with van der Waals surface area (Å²) in [6.07, 6.45) is 2.52. The summed E-state index contributed by atoms with van der Waals surface area (Å²) in [7, 11) is 6.46. The molecule has 1 aliphatic rings. The van der Waals surface area contributed by atoms with Crippen molar-refractivity contribution in [2.24, 2.45) is 10.9 Å². The molecular weight excluding hydrogens is 390 g/mol. The molecule has 2 N–H and O–H groups in total. The molecule has 2 heterocycles. The Labute approximate surface area is 186 Å². The highest BCUT2D eigenvalue weighted by Gasteiger charge is 2.31.